The Bertz CT molecular complexity index is 404. The van der Waals surface area contributed by atoms with Crippen molar-refractivity contribution in [2.45, 2.75) is 38.1 Å². The first-order valence-corrected chi connectivity index (χ1v) is 5.37. The molecule has 0 bridgehead atoms. The molecule has 6 heteroatoms. The van der Waals surface area contributed by atoms with Crippen LogP contribution in [0, 0.1) is 5.92 Å². The SMILES string of the molecule is CC1CCCC(N)(c2nc(C(=O)O)no2)C1. The molecule has 0 aliphatic heterocycles. The van der Waals surface area contributed by atoms with Crippen molar-refractivity contribution in [2.75, 3.05) is 0 Å². The molecular formula is C10H15N3O3. The Morgan fingerprint density at radius 3 is 3.00 bits per heavy atom. The second-order valence-corrected chi connectivity index (χ2v) is 4.59. The molecule has 1 saturated carbocycles. The van der Waals surface area contributed by atoms with Gasteiger partial charge in [0.1, 0.15) is 0 Å². The number of hydrogen-bond acceptors (Lipinski definition) is 5. The van der Waals surface area contributed by atoms with Gasteiger partial charge in [-0.25, -0.2) is 4.79 Å². The topological polar surface area (TPSA) is 102 Å². The molecule has 16 heavy (non-hydrogen) atoms. The summed E-state index contributed by atoms with van der Waals surface area (Å²) in [5.74, 6) is -0.768. The van der Waals surface area contributed by atoms with Crippen LogP contribution in [0.25, 0.3) is 0 Å². The minimum atomic E-state index is -1.19. The van der Waals surface area contributed by atoms with Crippen LogP contribution in [-0.2, 0) is 5.54 Å². The van der Waals surface area contributed by atoms with E-state index in [1.807, 2.05) is 0 Å². The van der Waals surface area contributed by atoms with Crippen molar-refractivity contribution in [1.82, 2.24) is 10.1 Å². The first-order valence-electron chi connectivity index (χ1n) is 5.37. The van der Waals surface area contributed by atoms with Gasteiger partial charge in [-0.1, -0.05) is 19.8 Å². The van der Waals surface area contributed by atoms with Crippen LogP contribution in [0.2, 0.25) is 0 Å². The van der Waals surface area contributed by atoms with E-state index < -0.39 is 11.5 Å². The molecule has 1 aromatic heterocycles. The molecule has 1 fully saturated rings. The van der Waals surface area contributed by atoms with Crippen molar-refractivity contribution in [2.24, 2.45) is 11.7 Å². The third-order valence-corrected chi connectivity index (χ3v) is 3.08. The third-order valence-electron chi connectivity index (χ3n) is 3.08. The largest absolute Gasteiger partial charge is 0.475 e. The van der Waals surface area contributed by atoms with E-state index in [0.29, 0.717) is 5.92 Å². The standard InChI is InChI=1S/C10H15N3O3/c1-6-3-2-4-10(11,5-6)9-12-7(8(14)15)13-16-9/h6H,2-5,11H2,1H3,(H,14,15). The lowest BCUT2D eigenvalue weighted by Crippen LogP contribution is -2.41. The average molecular weight is 225 g/mol. The maximum absolute atomic E-state index is 10.6. The van der Waals surface area contributed by atoms with E-state index in [4.69, 9.17) is 15.4 Å². The van der Waals surface area contributed by atoms with Crippen LogP contribution >= 0.6 is 0 Å². The van der Waals surface area contributed by atoms with Crippen LogP contribution in [0.5, 0.6) is 0 Å². The summed E-state index contributed by atoms with van der Waals surface area (Å²) in [6.07, 6.45) is 3.66. The van der Waals surface area contributed by atoms with Crippen molar-refractivity contribution in [3.63, 3.8) is 0 Å². The average Bonchev–Trinajstić information content (AvgIpc) is 2.66. The maximum atomic E-state index is 10.6. The number of carboxylic acids is 1. The Labute approximate surface area is 92.8 Å². The molecule has 1 aliphatic rings. The van der Waals surface area contributed by atoms with E-state index in [0.717, 1.165) is 25.7 Å². The summed E-state index contributed by atoms with van der Waals surface area (Å²) in [6.45, 7) is 2.12. The highest BCUT2D eigenvalue weighted by Crippen LogP contribution is 2.36. The zero-order chi connectivity index (χ0) is 11.8. The zero-order valence-corrected chi connectivity index (χ0v) is 9.14. The fourth-order valence-electron chi connectivity index (χ4n) is 2.30. The Morgan fingerprint density at radius 2 is 2.44 bits per heavy atom. The molecule has 0 radical (unpaired) electrons. The Hall–Kier alpha value is -1.43. The van der Waals surface area contributed by atoms with Gasteiger partial charge in [0.05, 0.1) is 5.54 Å². The highest BCUT2D eigenvalue weighted by molar-refractivity contribution is 5.82. The predicted molar refractivity (Wildman–Crippen MR) is 54.8 cm³/mol. The van der Waals surface area contributed by atoms with Gasteiger partial charge in [-0.15, -0.1) is 0 Å². The summed E-state index contributed by atoms with van der Waals surface area (Å²) in [4.78, 5) is 14.5. The smallest absolute Gasteiger partial charge is 0.377 e. The van der Waals surface area contributed by atoms with E-state index in [9.17, 15) is 4.79 Å². The van der Waals surface area contributed by atoms with Crippen LogP contribution < -0.4 is 5.73 Å². The summed E-state index contributed by atoms with van der Waals surface area (Å²) in [6, 6.07) is 0. The maximum Gasteiger partial charge on any atom is 0.377 e. The van der Waals surface area contributed by atoms with Gasteiger partial charge in [0.2, 0.25) is 5.89 Å². The van der Waals surface area contributed by atoms with Crippen molar-refractivity contribution in [3.05, 3.63) is 11.7 Å². The van der Waals surface area contributed by atoms with Crippen molar-refractivity contribution < 1.29 is 14.4 Å². The van der Waals surface area contributed by atoms with Crippen LogP contribution in [0.15, 0.2) is 4.52 Å². The molecule has 88 valence electrons. The Kier molecular flexibility index (Phi) is 2.67. The van der Waals surface area contributed by atoms with Gasteiger partial charge in [0.15, 0.2) is 0 Å². The number of nitrogens with two attached hydrogens (primary N) is 1. The van der Waals surface area contributed by atoms with Gasteiger partial charge in [0.25, 0.3) is 5.82 Å². The van der Waals surface area contributed by atoms with Gasteiger partial charge in [-0.2, -0.15) is 4.98 Å². The van der Waals surface area contributed by atoms with Crippen LogP contribution in [-0.4, -0.2) is 21.2 Å². The summed E-state index contributed by atoms with van der Waals surface area (Å²) in [5.41, 5.74) is 5.54. The number of nitrogens with zero attached hydrogens (tertiary/aromatic N) is 2. The number of carboxylic acid groups (broad SMARTS) is 1. The molecule has 0 aromatic carbocycles. The van der Waals surface area contributed by atoms with Crippen LogP contribution in [0.3, 0.4) is 0 Å². The number of aromatic nitrogens is 2. The zero-order valence-electron chi connectivity index (χ0n) is 9.14. The molecule has 0 saturated heterocycles. The van der Waals surface area contributed by atoms with E-state index in [1.165, 1.54) is 0 Å². The molecule has 1 heterocycles. The number of carbonyl (C=O) groups is 1. The second kappa shape index (κ2) is 3.86. The quantitative estimate of drug-likeness (QED) is 0.782. The van der Waals surface area contributed by atoms with E-state index in [1.54, 1.807) is 0 Å². The number of aromatic carboxylic acids is 1. The minimum Gasteiger partial charge on any atom is -0.475 e. The highest BCUT2D eigenvalue weighted by atomic mass is 16.5. The summed E-state index contributed by atoms with van der Waals surface area (Å²) < 4.78 is 4.95. The highest BCUT2D eigenvalue weighted by Gasteiger charge is 2.38. The summed E-state index contributed by atoms with van der Waals surface area (Å²) in [5, 5.41) is 12.1. The molecule has 1 aromatic rings. The molecule has 2 unspecified atom stereocenters. The van der Waals surface area contributed by atoms with E-state index in [2.05, 4.69) is 17.1 Å². The second-order valence-electron chi connectivity index (χ2n) is 4.59. The monoisotopic (exact) mass is 225 g/mol. The van der Waals surface area contributed by atoms with Gasteiger partial charge >= 0.3 is 5.97 Å². The third kappa shape index (κ3) is 1.92. The van der Waals surface area contributed by atoms with E-state index >= 15 is 0 Å². The van der Waals surface area contributed by atoms with Crippen molar-refractivity contribution in [3.8, 4) is 0 Å². The fourth-order valence-corrected chi connectivity index (χ4v) is 2.30. The molecule has 6 nitrogen and oxygen atoms in total. The summed E-state index contributed by atoms with van der Waals surface area (Å²) >= 11 is 0. The lowest BCUT2D eigenvalue weighted by Gasteiger charge is -2.33. The van der Waals surface area contributed by atoms with Gasteiger partial charge in [-0.3, -0.25) is 0 Å². The molecule has 0 amide bonds. The first-order chi connectivity index (χ1) is 7.51. The van der Waals surface area contributed by atoms with Gasteiger partial charge in [0, 0.05) is 0 Å². The lowest BCUT2D eigenvalue weighted by molar-refractivity contribution is 0.0680. The van der Waals surface area contributed by atoms with E-state index in [-0.39, 0.29) is 11.7 Å². The Morgan fingerprint density at radius 1 is 1.69 bits per heavy atom. The molecular weight excluding hydrogens is 210 g/mol. The van der Waals surface area contributed by atoms with Crippen LogP contribution in [0.1, 0.15) is 49.1 Å². The minimum absolute atomic E-state index is 0.247. The van der Waals surface area contributed by atoms with Crippen molar-refractivity contribution >= 4 is 5.97 Å². The molecule has 0 spiro atoms. The van der Waals surface area contributed by atoms with Gasteiger partial charge < -0.3 is 15.4 Å². The van der Waals surface area contributed by atoms with Crippen LogP contribution in [0.4, 0.5) is 0 Å². The molecule has 2 rings (SSSR count). The first kappa shape index (κ1) is 11.1. The lowest BCUT2D eigenvalue weighted by atomic mass is 9.77. The fraction of sp³-hybridized carbons (Fsp3) is 0.700. The predicted octanol–water partition coefficient (Wildman–Crippen LogP) is 1.13. The molecule has 2 atom stereocenters. The molecule has 3 N–H and O–H groups in total. The number of rotatable bonds is 2. The number of hydrogen-bond donors (Lipinski definition) is 2. The summed E-state index contributed by atoms with van der Waals surface area (Å²) in [7, 11) is 0. The normalized spacial score (nSPS) is 30.2. The Balaban J connectivity index is 2.24. The molecule has 1 aliphatic carbocycles. The van der Waals surface area contributed by atoms with Crippen molar-refractivity contribution in [1.29, 1.82) is 0 Å². The van der Waals surface area contributed by atoms with Gasteiger partial charge in [-0.05, 0) is 23.9 Å².